The summed E-state index contributed by atoms with van der Waals surface area (Å²) in [6.07, 6.45) is 7.25. The van der Waals surface area contributed by atoms with Crippen molar-refractivity contribution in [3.8, 4) is 0 Å². The molecule has 7 heteroatoms. The first-order valence-electron chi connectivity index (χ1n) is 8.60. The van der Waals surface area contributed by atoms with E-state index in [4.69, 9.17) is 4.42 Å². The predicted molar refractivity (Wildman–Crippen MR) is 100 cm³/mol. The summed E-state index contributed by atoms with van der Waals surface area (Å²) in [6.45, 7) is 2.91. The third kappa shape index (κ3) is 4.23. The smallest absolute Gasteiger partial charge is 0.248 e. The number of rotatable bonds is 5. The van der Waals surface area contributed by atoms with E-state index in [1.165, 1.54) is 22.7 Å². The minimum Gasteiger partial charge on any atom is -0.465 e. The van der Waals surface area contributed by atoms with Crippen molar-refractivity contribution >= 4 is 27.7 Å². The van der Waals surface area contributed by atoms with Gasteiger partial charge >= 0.3 is 0 Å². The molecule has 0 unspecified atom stereocenters. The highest BCUT2D eigenvalue weighted by molar-refractivity contribution is 7.89. The lowest BCUT2D eigenvalue weighted by Crippen LogP contribution is -2.35. The summed E-state index contributed by atoms with van der Waals surface area (Å²) in [7, 11) is -3.54. The Balaban J connectivity index is 1.78. The Labute approximate surface area is 153 Å². The summed E-state index contributed by atoms with van der Waals surface area (Å²) < 4.78 is 32.3. The predicted octanol–water partition coefficient (Wildman–Crippen LogP) is 3.41. The van der Waals surface area contributed by atoms with E-state index in [0.29, 0.717) is 24.5 Å². The fourth-order valence-electron chi connectivity index (χ4n) is 2.87. The second-order valence-electron chi connectivity index (χ2n) is 6.28. The Morgan fingerprint density at radius 3 is 2.65 bits per heavy atom. The monoisotopic (exact) mass is 374 g/mol. The molecule has 138 valence electrons. The zero-order valence-electron chi connectivity index (χ0n) is 14.6. The third-order valence-electron chi connectivity index (χ3n) is 4.36. The lowest BCUT2D eigenvalue weighted by atomic mass is 10.2. The van der Waals surface area contributed by atoms with Gasteiger partial charge < -0.3 is 9.73 Å². The van der Waals surface area contributed by atoms with Crippen molar-refractivity contribution in [3.63, 3.8) is 0 Å². The fourth-order valence-corrected chi connectivity index (χ4v) is 4.41. The zero-order valence-corrected chi connectivity index (χ0v) is 15.5. The molecule has 0 aliphatic carbocycles. The lowest BCUT2D eigenvalue weighted by molar-refractivity contribution is -0.111. The van der Waals surface area contributed by atoms with Gasteiger partial charge in [0.15, 0.2) is 0 Å². The second-order valence-corrected chi connectivity index (χ2v) is 8.22. The van der Waals surface area contributed by atoms with E-state index in [1.54, 1.807) is 30.3 Å². The lowest BCUT2D eigenvalue weighted by Gasteiger charge is -2.26. The Morgan fingerprint density at radius 1 is 1.19 bits per heavy atom. The molecule has 1 aliphatic heterocycles. The van der Waals surface area contributed by atoms with Gasteiger partial charge in [0.2, 0.25) is 15.9 Å². The molecule has 1 saturated heterocycles. The Morgan fingerprint density at radius 2 is 1.96 bits per heavy atom. The minimum atomic E-state index is -3.54. The van der Waals surface area contributed by atoms with Crippen molar-refractivity contribution in [1.82, 2.24) is 4.31 Å². The summed E-state index contributed by atoms with van der Waals surface area (Å²) in [6, 6.07) is 8.30. The van der Waals surface area contributed by atoms with Crippen LogP contribution in [-0.4, -0.2) is 31.7 Å². The van der Waals surface area contributed by atoms with Crippen molar-refractivity contribution in [2.45, 2.75) is 31.1 Å². The molecule has 0 radical (unpaired) electrons. The van der Waals surface area contributed by atoms with Crippen molar-refractivity contribution in [1.29, 1.82) is 0 Å². The van der Waals surface area contributed by atoms with Crippen LogP contribution < -0.4 is 5.32 Å². The zero-order chi connectivity index (χ0) is 18.6. The van der Waals surface area contributed by atoms with Crippen LogP contribution in [0.1, 0.15) is 30.6 Å². The van der Waals surface area contributed by atoms with Gasteiger partial charge in [0, 0.05) is 24.9 Å². The van der Waals surface area contributed by atoms with Crippen LogP contribution in [0, 0.1) is 6.92 Å². The van der Waals surface area contributed by atoms with Crippen molar-refractivity contribution < 1.29 is 17.6 Å². The molecule has 1 aliphatic rings. The molecule has 2 aromatic rings. The van der Waals surface area contributed by atoms with Crippen LogP contribution in [0.4, 0.5) is 5.69 Å². The van der Waals surface area contributed by atoms with Gasteiger partial charge in [-0.05, 0) is 55.7 Å². The number of nitrogens with one attached hydrogen (secondary N) is 1. The molecule has 6 nitrogen and oxygen atoms in total. The molecular weight excluding hydrogens is 352 g/mol. The quantitative estimate of drug-likeness (QED) is 0.814. The van der Waals surface area contributed by atoms with E-state index < -0.39 is 10.0 Å². The van der Waals surface area contributed by atoms with Crippen LogP contribution in [0.3, 0.4) is 0 Å². The molecule has 1 fully saturated rings. The highest BCUT2D eigenvalue weighted by atomic mass is 32.2. The number of sulfonamides is 1. The van der Waals surface area contributed by atoms with Gasteiger partial charge in [0.1, 0.15) is 5.76 Å². The van der Waals surface area contributed by atoms with Gasteiger partial charge in [-0.2, -0.15) is 4.31 Å². The maximum Gasteiger partial charge on any atom is 0.248 e. The highest BCUT2D eigenvalue weighted by Crippen LogP contribution is 2.25. The number of furan rings is 1. The molecule has 1 N–H and O–H groups in total. The molecule has 0 atom stereocenters. The Bertz CT molecular complexity index is 896. The fraction of sp³-hybridized carbons (Fsp3) is 0.316. The average molecular weight is 374 g/mol. The molecular formula is C19H22N2O4S. The number of benzene rings is 1. The SMILES string of the molecule is Cc1ccc(S(=O)(=O)N2CCCCC2)cc1NC(=O)C=Cc1ccco1. The maximum absolute atomic E-state index is 12.8. The van der Waals surface area contributed by atoms with Gasteiger partial charge in [-0.25, -0.2) is 8.42 Å². The van der Waals surface area contributed by atoms with E-state index in [2.05, 4.69) is 5.32 Å². The molecule has 2 heterocycles. The summed E-state index contributed by atoms with van der Waals surface area (Å²) in [4.78, 5) is 12.3. The van der Waals surface area contributed by atoms with E-state index in [9.17, 15) is 13.2 Å². The summed E-state index contributed by atoms with van der Waals surface area (Å²) in [5, 5.41) is 2.74. The Kier molecular flexibility index (Phi) is 5.58. The largest absolute Gasteiger partial charge is 0.465 e. The molecule has 1 aromatic carbocycles. The molecule has 3 rings (SSSR count). The van der Waals surface area contributed by atoms with Gasteiger partial charge in [-0.1, -0.05) is 12.5 Å². The number of carbonyl (C=O) groups is 1. The van der Waals surface area contributed by atoms with Gasteiger partial charge in [-0.15, -0.1) is 0 Å². The number of hydrogen-bond donors (Lipinski definition) is 1. The first-order valence-corrected chi connectivity index (χ1v) is 10.0. The van der Waals surface area contributed by atoms with Gasteiger partial charge in [0.05, 0.1) is 11.2 Å². The topological polar surface area (TPSA) is 79.6 Å². The summed E-state index contributed by atoms with van der Waals surface area (Å²) in [5.74, 6) is 0.218. The van der Waals surface area contributed by atoms with Crippen LogP contribution in [0.2, 0.25) is 0 Å². The third-order valence-corrected chi connectivity index (χ3v) is 6.26. The molecule has 26 heavy (non-hydrogen) atoms. The number of carbonyl (C=O) groups excluding carboxylic acids is 1. The van der Waals surface area contributed by atoms with Crippen LogP contribution in [0.5, 0.6) is 0 Å². The van der Waals surface area contributed by atoms with E-state index in [1.807, 2.05) is 6.92 Å². The first kappa shape index (κ1) is 18.4. The number of nitrogens with zero attached hydrogens (tertiary/aromatic N) is 1. The van der Waals surface area contributed by atoms with Crippen LogP contribution >= 0.6 is 0 Å². The van der Waals surface area contributed by atoms with Crippen molar-refractivity contribution in [3.05, 3.63) is 54.0 Å². The Hall–Kier alpha value is -2.38. The molecule has 0 spiro atoms. The number of piperidine rings is 1. The van der Waals surface area contributed by atoms with Crippen LogP contribution in [0.25, 0.3) is 6.08 Å². The normalized spacial score (nSPS) is 16.0. The number of amides is 1. The molecule has 1 amide bonds. The number of anilines is 1. The van der Waals surface area contributed by atoms with Crippen molar-refractivity contribution in [2.75, 3.05) is 18.4 Å². The van der Waals surface area contributed by atoms with E-state index in [0.717, 1.165) is 24.8 Å². The van der Waals surface area contributed by atoms with E-state index in [-0.39, 0.29) is 10.8 Å². The first-order chi connectivity index (χ1) is 12.5. The summed E-state index contributed by atoms with van der Waals surface area (Å²) >= 11 is 0. The standard InChI is InChI=1S/C19H22N2O4S/c1-15-7-9-17(26(23,24)21-11-3-2-4-12-21)14-18(15)20-19(22)10-8-16-6-5-13-25-16/h5-10,13-14H,2-4,11-12H2,1H3,(H,20,22). The van der Waals surface area contributed by atoms with Crippen LogP contribution in [0.15, 0.2) is 52.0 Å². The van der Waals surface area contributed by atoms with Crippen molar-refractivity contribution in [2.24, 2.45) is 0 Å². The molecule has 1 aromatic heterocycles. The maximum atomic E-state index is 12.8. The summed E-state index contributed by atoms with van der Waals surface area (Å²) in [5.41, 5.74) is 1.28. The van der Waals surface area contributed by atoms with Crippen LogP contribution in [-0.2, 0) is 14.8 Å². The molecule has 0 saturated carbocycles. The van der Waals surface area contributed by atoms with Gasteiger partial charge in [0.25, 0.3) is 0 Å². The number of aryl methyl sites for hydroxylation is 1. The average Bonchev–Trinajstić information content (AvgIpc) is 3.16. The molecule has 0 bridgehead atoms. The second kappa shape index (κ2) is 7.88. The van der Waals surface area contributed by atoms with E-state index >= 15 is 0 Å². The number of hydrogen-bond acceptors (Lipinski definition) is 4. The highest BCUT2D eigenvalue weighted by Gasteiger charge is 2.26. The minimum absolute atomic E-state index is 0.204. The van der Waals surface area contributed by atoms with Gasteiger partial charge in [-0.3, -0.25) is 4.79 Å².